The van der Waals surface area contributed by atoms with E-state index < -0.39 is 4.92 Å². The zero-order valence-corrected chi connectivity index (χ0v) is 22.3. The number of benzene rings is 1. The lowest BCUT2D eigenvalue weighted by molar-refractivity contribution is -0.384. The maximum absolute atomic E-state index is 13.2. The minimum Gasteiger partial charge on any atom is -0.496 e. The molecule has 0 aliphatic carbocycles. The average molecular weight is 532 g/mol. The molecule has 1 saturated heterocycles. The summed E-state index contributed by atoms with van der Waals surface area (Å²) in [5.41, 5.74) is 0.130. The Morgan fingerprint density at radius 2 is 2.17 bits per heavy atom. The second kappa shape index (κ2) is 10.9. The number of anilines is 1. The number of carbonyl (C=O) groups is 1. The topological polar surface area (TPSA) is 124 Å². The van der Waals surface area contributed by atoms with Gasteiger partial charge in [0.25, 0.3) is 11.6 Å². The highest BCUT2D eigenvalue weighted by Crippen LogP contribution is 2.33. The third-order valence-corrected chi connectivity index (χ3v) is 7.89. The first-order valence-electron chi connectivity index (χ1n) is 11.6. The van der Waals surface area contributed by atoms with Crippen LogP contribution in [0, 0.1) is 10.1 Å². The zero-order chi connectivity index (χ0) is 25.9. The average Bonchev–Trinajstić information content (AvgIpc) is 3.51. The van der Waals surface area contributed by atoms with Crippen LogP contribution in [0.5, 0.6) is 5.75 Å². The summed E-state index contributed by atoms with van der Waals surface area (Å²) in [6.45, 7) is 7.39. The second-order valence-corrected chi connectivity index (χ2v) is 11.8. The molecule has 1 aliphatic heterocycles. The van der Waals surface area contributed by atoms with Crippen molar-refractivity contribution in [1.82, 2.24) is 14.9 Å². The van der Waals surface area contributed by atoms with Crippen molar-refractivity contribution in [2.75, 3.05) is 25.5 Å². The molecule has 0 saturated carbocycles. The molecule has 0 bridgehead atoms. The number of nitro groups is 1. The van der Waals surface area contributed by atoms with Crippen LogP contribution in [0.3, 0.4) is 0 Å². The first-order chi connectivity index (χ1) is 17.1. The van der Waals surface area contributed by atoms with E-state index in [0.717, 1.165) is 27.9 Å². The third-order valence-electron chi connectivity index (χ3n) is 5.78. The number of piperidine rings is 1. The standard InChI is InChI=1S/C24H29N5O5S2/c1-24(2,3)19-11-25-20(34-19)14-35-21-12-26-23(36-21)27-15-6-5-9-28(13-15)22(30)17-8-7-16(29(31)32)10-18(17)33-4/h7-8,10-12,15H,5-6,9,13-14H2,1-4H3,(H,26,27)/t15-/m1/s1. The number of thiazole rings is 1. The summed E-state index contributed by atoms with van der Waals surface area (Å²) in [7, 11) is 1.40. The minimum absolute atomic E-state index is 0.0526. The van der Waals surface area contributed by atoms with E-state index in [4.69, 9.17) is 9.15 Å². The molecule has 0 spiro atoms. The number of methoxy groups -OCH3 is 1. The SMILES string of the molecule is COc1cc([N+](=O)[O-])ccc1C(=O)N1CCC[C@@H](Nc2ncc(SCc3ncc(C(C)(C)C)o3)s2)C1. The molecule has 1 aliphatic rings. The molecule has 10 nitrogen and oxygen atoms in total. The van der Waals surface area contributed by atoms with Crippen LogP contribution in [-0.2, 0) is 11.2 Å². The lowest BCUT2D eigenvalue weighted by Gasteiger charge is -2.33. The Hall–Kier alpha value is -3.12. The van der Waals surface area contributed by atoms with Gasteiger partial charge < -0.3 is 19.4 Å². The number of hydrogen-bond donors (Lipinski definition) is 1. The summed E-state index contributed by atoms with van der Waals surface area (Å²) in [5.74, 6) is 2.18. The smallest absolute Gasteiger partial charge is 0.273 e. The minimum atomic E-state index is -0.507. The van der Waals surface area contributed by atoms with Gasteiger partial charge in [0.1, 0.15) is 11.5 Å². The molecule has 1 aromatic carbocycles. The molecule has 12 heteroatoms. The fraction of sp³-hybridized carbons (Fsp3) is 0.458. The van der Waals surface area contributed by atoms with Gasteiger partial charge in [0, 0.05) is 30.6 Å². The lowest BCUT2D eigenvalue weighted by atomic mass is 9.94. The number of amides is 1. The second-order valence-electron chi connectivity index (χ2n) is 9.52. The molecule has 3 heterocycles. The molecule has 1 atom stereocenters. The van der Waals surface area contributed by atoms with E-state index in [0.29, 0.717) is 30.3 Å². The van der Waals surface area contributed by atoms with Gasteiger partial charge in [-0.15, -0.1) is 11.8 Å². The van der Waals surface area contributed by atoms with Gasteiger partial charge in [0.2, 0.25) is 5.89 Å². The molecular weight excluding hydrogens is 502 g/mol. The summed E-state index contributed by atoms with van der Waals surface area (Å²) < 4.78 is 12.2. The quantitative estimate of drug-likeness (QED) is 0.232. The third kappa shape index (κ3) is 6.16. The van der Waals surface area contributed by atoms with Crippen molar-refractivity contribution >= 4 is 39.8 Å². The molecule has 1 N–H and O–H groups in total. The number of ether oxygens (including phenoxy) is 1. The van der Waals surface area contributed by atoms with E-state index in [1.165, 1.54) is 25.3 Å². The summed E-state index contributed by atoms with van der Waals surface area (Å²) in [6.07, 6.45) is 5.37. The maximum atomic E-state index is 13.2. The van der Waals surface area contributed by atoms with Crippen LogP contribution in [0.4, 0.5) is 10.8 Å². The van der Waals surface area contributed by atoms with Crippen molar-refractivity contribution < 1.29 is 18.9 Å². The van der Waals surface area contributed by atoms with E-state index in [-0.39, 0.29) is 28.8 Å². The zero-order valence-electron chi connectivity index (χ0n) is 20.6. The van der Waals surface area contributed by atoms with Gasteiger partial charge in [-0.05, 0) is 18.9 Å². The van der Waals surface area contributed by atoms with Gasteiger partial charge in [0.05, 0.1) is 46.0 Å². The number of nitro benzene ring substituents is 1. The molecular formula is C24H29N5O5S2. The number of nitrogens with one attached hydrogen (secondary N) is 1. The van der Waals surface area contributed by atoms with Gasteiger partial charge in [-0.2, -0.15) is 0 Å². The first-order valence-corrected chi connectivity index (χ1v) is 13.4. The highest BCUT2D eigenvalue weighted by molar-refractivity contribution is 8.00. The van der Waals surface area contributed by atoms with Gasteiger partial charge in [-0.3, -0.25) is 14.9 Å². The van der Waals surface area contributed by atoms with Crippen LogP contribution in [0.1, 0.15) is 55.6 Å². The number of rotatable bonds is 8. The van der Waals surface area contributed by atoms with Crippen molar-refractivity contribution in [3.05, 3.63) is 57.9 Å². The van der Waals surface area contributed by atoms with Crippen LogP contribution in [0.2, 0.25) is 0 Å². The number of nitrogens with zero attached hydrogens (tertiary/aromatic N) is 4. The van der Waals surface area contributed by atoms with Crippen LogP contribution in [0.15, 0.2) is 39.2 Å². The summed E-state index contributed by atoms with van der Waals surface area (Å²) in [6, 6.07) is 4.12. The number of oxazole rings is 1. The predicted molar refractivity (Wildman–Crippen MR) is 139 cm³/mol. The number of hydrogen-bond acceptors (Lipinski definition) is 10. The molecule has 1 amide bonds. The molecule has 1 fully saturated rings. The van der Waals surface area contributed by atoms with Gasteiger partial charge in [-0.1, -0.05) is 32.1 Å². The lowest BCUT2D eigenvalue weighted by Crippen LogP contribution is -2.45. The Morgan fingerprint density at radius 3 is 2.86 bits per heavy atom. The molecule has 4 rings (SSSR count). The van der Waals surface area contributed by atoms with Gasteiger partial charge in [0.15, 0.2) is 5.13 Å². The van der Waals surface area contributed by atoms with Gasteiger partial charge in [-0.25, -0.2) is 9.97 Å². The maximum Gasteiger partial charge on any atom is 0.273 e. The van der Waals surface area contributed by atoms with Crippen molar-refractivity contribution in [3.8, 4) is 5.75 Å². The highest BCUT2D eigenvalue weighted by atomic mass is 32.2. The number of thioether (sulfide) groups is 1. The van der Waals surface area contributed by atoms with E-state index in [1.807, 2.05) is 6.20 Å². The predicted octanol–water partition coefficient (Wildman–Crippen LogP) is 5.35. The molecule has 0 radical (unpaired) electrons. The number of aromatic nitrogens is 2. The summed E-state index contributed by atoms with van der Waals surface area (Å²) in [5, 5.41) is 15.3. The van der Waals surface area contributed by atoms with Crippen LogP contribution < -0.4 is 10.1 Å². The first kappa shape index (κ1) is 26.0. The molecule has 0 unspecified atom stereocenters. The van der Waals surface area contributed by atoms with Crippen molar-refractivity contribution in [2.24, 2.45) is 0 Å². The van der Waals surface area contributed by atoms with E-state index in [1.54, 1.807) is 34.2 Å². The normalized spacial score (nSPS) is 16.1. The Kier molecular flexibility index (Phi) is 7.84. The largest absolute Gasteiger partial charge is 0.496 e. The number of carbonyl (C=O) groups excluding carboxylic acids is 1. The fourth-order valence-corrected chi connectivity index (χ4v) is 5.65. The summed E-state index contributed by atoms with van der Waals surface area (Å²) >= 11 is 3.18. The molecule has 2 aromatic heterocycles. The van der Waals surface area contributed by atoms with Crippen LogP contribution in [-0.4, -0.2) is 51.9 Å². The Morgan fingerprint density at radius 1 is 1.36 bits per heavy atom. The van der Waals surface area contributed by atoms with Crippen LogP contribution in [0.25, 0.3) is 0 Å². The number of likely N-dealkylation sites (tertiary alicyclic amines) is 1. The van der Waals surface area contributed by atoms with E-state index >= 15 is 0 Å². The van der Waals surface area contributed by atoms with Crippen LogP contribution >= 0.6 is 23.1 Å². The van der Waals surface area contributed by atoms with Crippen molar-refractivity contribution in [2.45, 2.75) is 55.0 Å². The van der Waals surface area contributed by atoms with Gasteiger partial charge >= 0.3 is 0 Å². The summed E-state index contributed by atoms with van der Waals surface area (Å²) in [4.78, 5) is 34.3. The Balaban J connectivity index is 1.34. The Bertz CT molecular complexity index is 1240. The molecule has 36 heavy (non-hydrogen) atoms. The van der Waals surface area contributed by atoms with E-state index in [9.17, 15) is 14.9 Å². The molecule has 192 valence electrons. The monoisotopic (exact) mass is 531 g/mol. The fourth-order valence-electron chi connectivity index (χ4n) is 3.84. The highest BCUT2D eigenvalue weighted by Gasteiger charge is 2.28. The van der Waals surface area contributed by atoms with Crippen molar-refractivity contribution in [1.29, 1.82) is 0 Å². The number of non-ortho nitro benzene ring substituents is 1. The Labute approximate surface area is 217 Å². The molecule has 3 aromatic rings. The van der Waals surface area contributed by atoms with E-state index in [2.05, 4.69) is 36.1 Å². The van der Waals surface area contributed by atoms with Crippen molar-refractivity contribution in [3.63, 3.8) is 0 Å².